The highest BCUT2D eigenvalue weighted by atomic mass is 35.5. The predicted molar refractivity (Wildman–Crippen MR) is 168 cm³/mol. The molecule has 0 spiro atoms. The molecule has 1 amide bonds. The van der Waals surface area contributed by atoms with Crippen LogP contribution < -0.4 is 9.47 Å². The van der Waals surface area contributed by atoms with Crippen molar-refractivity contribution in [2.45, 2.75) is 51.0 Å². The molecule has 41 heavy (non-hydrogen) atoms. The number of piperazine rings is 1. The number of halogens is 1. The number of nitrogens with zero attached hydrogens (tertiary/aromatic N) is 3. The molecule has 10 heteroatoms. The predicted octanol–water partition coefficient (Wildman–Crippen LogP) is 6.45. The van der Waals surface area contributed by atoms with Gasteiger partial charge in [0.15, 0.2) is 0 Å². The van der Waals surface area contributed by atoms with Gasteiger partial charge in [0.1, 0.15) is 27.3 Å². The zero-order valence-electron chi connectivity index (χ0n) is 23.8. The van der Waals surface area contributed by atoms with E-state index in [4.69, 9.17) is 37.9 Å². The summed E-state index contributed by atoms with van der Waals surface area (Å²) < 4.78 is 20.0. The Morgan fingerprint density at radius 3 is 2.46 bits per heavy atom. The second kappa shape index (κ2) is 12.7. The largest absolute Gasteiger partial charge is 0.497 e. The van der Waals surface area contributed by atoms with E-state index in [0.29, 0.717) is 26.6 Å². The van der Waals surface area contributed by atoms with Crippen LogP contribution in [-0.2, 0) is 11.2 Å². The van der Waals surface area contributed by atoms with Crippen molar-refractivity contribution in [2.75, 3.05) is 46.9 Å². The number of carbonyl (C=O) groups excluding carboxylic acids is 1. The van der Waals surface area contributed by atoms with E-state index in [1.807, 2.05) is 33.6 Å². The van der Waals surface area contributed by atoms with E-state index in [2.05, 4.69) is 11.0 Å². The van der Waals surface area contributed by atoms with Crippen molar-refractivity contribution < 1.29 is 18.7 Å². The number of thioether (sulfide) groups is 1. The summed E-state index contributed by atoms with van der Waals surface area (Å²) in [6.07, 6.45) is 9.71. The average molecular weight is 616 g/mol. The van der Waals surface area contributed by atoms with Crippen molar-refractivity contribution in [3.05, 3.63) is 40.5 Å². The summed E-state index contributed by atoms with van der Waals surface area (Å²) in [6.45, 7) is 4.88. The van der Waals surface area contributed by atoms with Crippen LogP contribution in [0.5, 0.6) is 11.5 Å². The molecule has 1 aromatic heterocycles. The number of fused-ring (bicyclic) bond motifs is 2. The number of ether oxygens (including phenoxy) is 2. The minimum Gasteiger partial charge on any atom is -0.497 e. The Hall–Kier alpha value is -2.04. The van der Waals surface area contributed by atoms with E-state index in [0.717, 1.165) is 87.0 Å². The second-order valence-electron chi connectivity index (χ2n) is 11.6. The van der Waals surface area contributed by atoms with Gasteiger partial charge < -0.3 is 18.8 Å². The number of methoxy groups -OCH3 is 2. The first-order chi connectivity index (χ1) is 19.9. The van der Waals surface area contributed by atoms with Crippen molar-refractivity contribution in [3.63, 3.8) is 0 Å². The zero-order valence-corrected chi connectivity index (χ0v) is 26.2. The van der Waals surface area contributed by atoms with Crippen LogP contribution in [-0.4, -0.2) is 77.4 Å². The van der Waals surface area contributed by atoms with Crippen LogP contribution in [0.3, 0.4) is 0 Å². The van der Waals surface area contributed by atoms with Gasteiger partial charge in [0.25, 0.3) is 5.91 Å². The number of aryl methyl sites for hydroxylation is 1. The van der Waals surface area contributed by atoms with E-state index in [1.54, 1.807) is 14.2 Å². The van der Waals surface area contributed by atoms with Crippen LogP contribution in [0.15, 0.2) is 33.6 Å². The lowest BCUT2D eigenvalue weighted by Gasteiger charge is -2.30. The molecule has 3 atom stereocenters. The molecular formula is C31H38ClN3O4S2. The monoisotopic (exact) mass is 615 g/mol. The third-order valence-electron chi connectivity index (χ3n) is 9.08. The fourth-order valence-corrected chi connectivity index (χ4v) is 8.36. The van der Waals surface area contributed by atoms with Crippen LogP contribution in [0.25, 0.3) is 17.4 Å². The Kier molecular flexibility index (Phi) is 8.98. The van der Waals surface area contributed by atoms with Crippen molar-refractivity contribution in [3.8, 4) is 22.8 Å². The van der Waals surface area contributed by atoms with Crippen molar-refractivity contribution >= 4 is 52.1 Å². The molecule has 2 aliphatic carbocycles. The summed E-state index contributed by atoms with van der Waals surface area (Å²) in [5.74, 6) is 4.21. The lowest BCUT2D eigenvalue weighted by atomic mass is 9.94. The number of hydrogen-bond donors (Lipinski definition) is 0. The number of rotatable bonds is 10. The maximum absolute atomic E-state index is 13.7. The summed E-state index contributed by atoms with van der Waals surface area (Å²) in [4.78, 5) is 18.7. The standard InChI is InChI=1S/C31H38ClN3O4S2/c1-37-24-15-23(16-25(18-24)38-2)27-17-22(5-3-4-8-33-9-11-34(32)12-10-33)28(39-27)19-29-30(36)35(31(40)41-29)26-14-20-6-7-21(26)13-20/h15-21,26H,3-14H2,1-2H3/b29-19-. The van der Waals surface area contributed by atoms with Gasteiger partial charge in [-0.05, 0) is 92.4 Å². The maximum atomic E-state index is 13.7. The third-order valence-corrected chi connectivity index (χ3v) is 10.8. The number of unbranched alkanes of at least 4 members (excludes halogenated alkanes) is 1. The molecule has 220 valence electrons. The lowest BCUT2D eigenvalue weighted by Crippen LogP contribution is -2.42. The fraction of sp³-hybridized carbons (Fsp3) is 0.548. The molecule has 7 nitrogen and oxygen atoms in total. The SMILES string of the molecule is COc1cc(OC)cc(-c2cc(CCCCN3CCN(Cl)CC3)c(/C=C3\SC(=S)N(C4CC5CCC4C5)C3=O)o2)c1. The van der Waals surface area contributed by atoms with Crippen molar-refractivity contribution in [1.29, 1.82) is 0 Å². The highest BCUT2D eigenvalue weighted by molar-refractivity contribution is 8.26. The molecular weight excluding hydrogens is 578 g/mol. The minimum atomic E-state index is 0.0305. The van der Waals surface area contributed by atoms with Gasteiger partial charge in [-0.25, -0.2) is 4.42 Å². The molecule has 1 aromatic carbocycles. The van der Waals surface area contributed by atoms with Crippen molar-refractivity contribution in [2.24, 2.45) is 11.8 Å². The van der Waals surface area contributed by atoms with E-state index >= 15 is 0 Å². The second-order valence-corrected chi connectivity index (χ2v) is 13.8. The van der Waals surface area contributed by atoms with Crippen LogP contribution in [0, 0.1) is 11.8 Å². The van der Waals surface area contributed by atoms with Gasteiger partial charge >= 0.3 is 0 Å². The quantitative estimate of drug-likeness (QED) is 0.131. The first-order valence-corrected chi connectivity index (χ1v) is 16.2. The van der Waals surface area contributed by atoms with Crippen LogP contribution >= 0.6 is 35.8 Å². The first kappa shape index (κ1) is 29.1. The molecule has 2 aliphatic heterocycles. The molecule has 6 rings (SSSR count). The van der Waals surface area contributed by atoms with Gasteiger partial charge in [0.2, 0.25) is 0 Å². The smallest absolute Gasteiger partial charge is 0.266 e. The van der Waals surface area contributed by atoms with Gasteiger partial charge in [-0.2, -0.15) is 0 Å². The fourth-order valence-electron chi connectivity index (χ4n) is 6.86. The molecule has 2 bridgehead atoms. The first-order valence-electron chi connectivity index (χ1n) is 14.7. The Labute approximate surface area is 257 Å². The third kappa shape index (κ3) is 6.34. The summed E-state index contributed by atoms with van der Waals surface area (Å²) in [5, 5.41) is 0. The number of carbonyl (C=O) groups is 1. The minimum absolute atomic E-state index is 0.0305. The molecule has 2 aromatic rings. The molecule has 3 unspecified atom stereocenters. The Morgan fingerprint density at radius 2 is 1.80 bits per heavy atom. The van der Waals surface area contributed by atoms with Crippen LogP contribution in [0.4, 0.5) is 0 Å². The normalized spacial score (nSPS) is 26.1. The Morgan fingerprint density at radius 1 is 1.05 bits per heavy atom. The topological polar surface area (TPSA) is 58.4 Å². The van der Waals surface area contributed by atoms with Gasteiger partial charge in [-0.3, -0.25) is 9.69 Å². The number of thiocarbonyl (C=S) groups is 1. The van der Waals surface area contributed by atoms with Gasteiger partial charge in [-0.15, -0.1) is 0 Å². The highest BCUT2D eigenvalue weighted by Crippen LogP contribution is 2.49. The van der Waals surface area contributed by atoms with E-state index < -0.39 is 0 Å². The molecule has 4 aliphatic rings. The zero-order chi connectivity index (χ0) is 28.5. The Balaban J connectivity index is 1.23. The number of benzene rings is 1. The molecule has 0 radical (unpaired) electrons. The van der Waals surface area contributed by atoms with E-state index in [1.165, 1.54) is 31.0 Å². The van der Waals surface area contributed by atoms with Gasteiger partial charge in [0, 0.05) is 49.9 Å². The average Bonchev–Trinajstić information content (AvgIpc) is 3.76. The number of amides is 1. The molecule has 2 saturated carbocycles. The number of furan rings is 1. The molecule has 4 fully saturated rings. The highest BCUT2D eigenvalue weighted by Gasteiger charge is 2.48. The van der Waals surface area contributed by atoms with E-state index in [-0.39, 0.29) is 11.9 Å². The molecule has 0 N–H and O–H groups in total. The molecule has 3 heterocycles. The summed E-state index contributed by atoms with van der Waals surface area (Å²) in [7, 11) is 3.28. The molecule has 2 saturated heterocycles. The van der Waals surface area contributed by atoms with Gasteiger partial charge in [-0.1, -0.05) is 30.4 Å². The Bertz CT molecular complexity index is 1300. The number of hydrogen-bond acceptors (Lipinski definition) is 8. The van der Waals surface area contributed by atoms with Crippen molar-refractivity contribution in [1.82, 2.24) is 14.2 Å². The van der Waals surface area contributed by atoms with Crippen LogP contribution in [0.1, 0.15) is 49.8 Å². The van der Waals surface area contributed by atoms with E-state index in [9.17, 15) is 4.79 Å². The summed E-state index contributed by atoms with van der Waals surface area (Å²) in [6, 6.07) is 8.09. The van der Waals surface area contributed by atoms with Crippen LogP contribution in [0.2, 0.25) is 0 Å². The summed E-state index contributed by atoms with van der Waals surface area (Å²) in [5.41, 5.74) is 1.97. The lowest BCUT2D eigenvalue weighted by molar-refractivity contribution is -0.124. The maximum Gasteiger partial charge on any atom is 0.266 e. The van der Waals surface area contributed by atoms with Gasteiger partial charge in [0.05, 0.1) is 19.1 Å². The summed E-state index contributed by atoms with van der Waals surface area (Å²) >= 11 is 13.3.